The van der Waals surface area contributed by atoms with Crippen molar-refractivity contribution in [1.29, 1.82) is 0 Å². The summed E-state index contributed by atoms with van der Waals surface area (Å²) in [6, 6.07) is 0. The first-order chi connectivity index (χ1) is 9.51. The lowest BCUT2D eigenvalue weighted by atomic mass is 10.3. The summed E-state index contributed by atoms with van der Waals surface area (Å²) in [6.07, 6.45) is 3.88. The van der Waals surface area contributed by atoms with Crippen molar-refractivity contribution in [2.24, 2.45) is 7.05 Å². The summed E-state index contributed by atoms with van der Waals surface area (Å²) in [5.41, 5.74) is 7.81. The predicted molar refractivity (Wildman–Crippen MR) is 76.7 cm³/mol. The van der Waals surface area contributed by atoms with Crippen LogP contribution in [0.5, 0.6) is 0 Å². The van der Waals surface area contributed by atoms with Gasteiger partial charge in [0, 0.05) is 13.2 Å². The van der Waals surface area contributed by atoms with E-state index in [0.717, 1.165) is 22.3 Å². The largest absolute Gasteiger partial charge is 0.458 e. The van der Waals surface area contributed by atoms with Crippen LogP contribution in [0.1, 0.15) is 18.3 Å². The Morgan fingerprint density at radius 2 is 2.30 bits per heavy atom. The minimum absolute atomic E-state index is 0.0350. The van der Waals surface area contributed by atoms with Gasteiger partial charge in [-0.15, -0.1) is 0 Å². The van der Waals surface area contributed by atoms with E-state index in [-0.39, 0.29) is 19.1 Å². The van der Waals surface area contributed by atoms with Gasteiger partial charge in [0.25, 0.3) is 0 Å². The van der Waals surface area contributed by atoms with Crippen molar-refractivity contribution in [3.8, 4) is 0 Å². The predicted octanol–water partition coefficient (Wildman–Crippen LogP) is 1.27. The zero-order valence-corrected chi connectivity index (χ0v) is 12.9. The molecule has 0 saturated carbocycles. The first kappa shape index (κ1) is 14.6. The summed E-state index contributed by atoms with van der Waals surface area (Å²) in [5.74, 6) is -0.376. The number of carbonyl (C=O) groups is 1. The Kier molecular flexibility index (Phi) is 4.43. The molecule has 2 heterocycles. The standard InChI is InChI=1S/C12H16BrN5O2/c1-3-9-12(13)10(17(2)16-9)7-20-11(19)6-18-5-8(14)4-15-18/h4-5H,3,6-7,14H2,1-2H3. The summed E-state index contributed by atoms with van der Waals surface area (Å²) < 4.78 is 9.27. The Morgan fingerprint density at radius 3 is 2.85 bits per heavy atom. The van der Waals surface area contributed by atoms with E-state index >= 15 is 0 Å². The van der Waals surface area contributed by atoms with E-state index in [9.17, 15) is 4.79 Å². The van der Waals surface area contributed by atoms with Gasteiger partial charge in [-0.25, -0.2) is 0 Å². The number of anilines is 1. The second-order valence-corrected chi connectivity index (χ2v) is 5.11. The number of nitrogens with two attached hydrogens (primary N) is 1. The number of carbonyl (C=O) groups excluding carboxylic acids is 1. The molecular weight excluding hydrogens is 326 g/mol. The highest BCUT2D eigenvalue weighted by molar-refractivity contribution is 9.10. The lowest BCUT2D eigenvalue weighted by Crippen LogP contribution is -2.15. The van der Waals surface area contributed by atoms with Crippen molar-refractivity contribution in [1.82, 2.24) is 19.6 Å². The molecule has 108 valence electrons. The third-order valence-electron chi connectivity index (χ3n) is 2.82. The van der Waals surface area contributed by atoms with Gasteiger partial charge in [0.15, 0.2) is 0 Å². The summed E-state index contributed by atoms with van der Waals surface area (Å²) in [5, 5.41) is 8.27. The monoisotopic (exact) mass is 341 g/mol. The number of esters is 1. The van der Waals surface area contributed by atoms with Gasteiger partial charge in [0.1, 0.15) is 13.2 Å². The smallest absolute Gasteiger partial charge is 0.328 e. The minimum Gasteiger partial charge on any atom is -0.458 e. The second-order valence-electron chi connectivity index (χ2n) is 4.32. The zero-order valence-electron chi connectivity index (χ0n) is 11.3. The Bertz CT molecular complexity index is 619. The lowest BCUT2D eigenvalue weighted by molar-refractivity contribution is -0.146. The Hall–Kier alpha value is -1.83. The topological polar surface area (TPSA) is 88.0 Å². The van der Waals surface area contributed by atoms with E-state index < -0.39 is 0 Å². The molecule has 0 aliphatic carbocycles. The molecule has 0 atom stereocenters. The Labute approximate surface area is 124 Å². The summed E-state index contributed by atoms with van der Waals surface area (Å²) in [6.45, 7) is 2.22. The van der Waals surface area contributed by atoms with Crippen LogP contribution in [0.4, 0.5) is 5.69 Å². The molecule has 0 bridgehead atoms. The third-order valence-corrected chi connectivity index (χ3v) is 3.73. The number of ether oxygens (including phenoxy) is 1. The van der Waals surface area contributed by atoms with Gasteiger partial charge in [-0.3, -0.25) is 14.2 Å². The van der Waals surface area contributed by atoms with Gasteiger partial charge in [0.05, 0.1) is 27.7 Å². The zero-order chi connectivity index (χ0) is 14.7. The molecule has 0 amide bonds. The number of rotatable bonds is 5. The van der Waals surface area contributed by atoms with Crippen LogP contribution in [0.25, 0.3) is 0 Å². The van der Waals surface area contributed by atoms with Crippen molar-refractivity contribution >= 4 is 27.6 Å². The number of aryl methyl sites for hydroxylation is 2. The van der Waals surface area contributed by atoms with Gasteiger partial charge < -0.3 is 10.5 Å². The Morgan fingerprint density at radius 1 is 1.55 bits per heavy atom. The molecule has 8 heteroatoms. The number of nitrogen functional groups attached to an aromatic ring is 1. The first-order valence-corrected chi connectivity index (χ1v) is 6.94. The number of nitrogens with zero attached hydrogens (tertiary/aromatic N) is 4. The van der Waals surface area contributed by atoms with Crippen LogP contribution in [-0.4, -0.2) is 25.5 Å². The number of halogens is 1. The van der Waals surface area contributed by atoms with Gasteiger partial charge in [0.2, 0.25) is 0 Å². The van der Waals surface area contributed by atoms with Crippen LogP contribution in [-0.2, 0) is 36.2 Å². The van der Waals surface area contributed by atoms with Crippen molar-refractivity contribution in [2.75, 3.05) is 5.73 Å². The number of hydrogen-bond donors (Lipinski definition) is 1. The Balaban J connectivity index is 1.95. The highest BCUT2D eigenvalue weighted by Gasteiger charge is 2.14. The molecule has 0 aliphatic rings. The molecule has 7 nitrogen and oxygen atoms in total. The SMILES string of the molecule is CCc1nn(C)c(COC(=O)Cn2cc(N)cn2)c1Br. The fourth-order valence-corrected chi connectivity index (χ4v) is 2.50. The normalized spacial score (nSPS) is 10.8. The maximum Gasteiger partial charge on any atom is 0.328 e. The van der Waals surface area contributed by atoms with E-state index in [1.54, 1.807) is 10.9 Å². The van der Waals surface area contributed by atoms with Crippen molar-refractivity contribution in [2.45, 2.75) is 26.5 Å². The molecule has 0 fully saturated rings. The maximum absolute atomic E-state index is 11.7. The molecule has 2 rings (SSSR count). The molecule has 0 saturated heterocycles. The van der Waals surface area contributed by atoms with E-state index in [0.29, 0.717) is 5.69 Å². The average Bonchev–Trinajstić information content (AvgIpc) is 2.92. The summed E-state index contributed by atoms with van der Waals surface area (Å²) in [7, 11) is 1.82. The van der Waals surface area contributed by atoms with Crippen LogP contribution in [0.2, 0.25) is 0 Å². The van der Waals surface area contributed by atoms with Gasteiger partial charge in [-0.2, -0.15) is 10.2 Å². The molecule has 2 aromatic heterocycles. The molecule has 0 spiro atoms. The van der Waals surface area contributed by atoms with E-state index in [2.05, 4.69) is 26.1 Å². The van der Waals surface area contributed by atoms with E-state index in [1.807, 2.05) is 14.0 Å². The first-order valence-electron chi connectivity index (χ1n) is 6.15. The second kappa shape index (κ2) is 6.08. The molecule has 0 aromatic carbocycles. The van der Waals surface area contributed by atoms with Gasteiger partial charge in [-0.05, 0) is 22.4 Å². The third kappa shape index (κ3) is 3.19. The molecule has 2 N–H and O–H groups in total. The van der Waals surface area contributed by atoms with Gasteiger partial charge in [-0.1, -0.05) is 6.92 Å². The highest BCUT2D eigenvalue weighted by atomic mass is 79.9. The number of hydrogen-bond acceptors (Lipinski definition) is 5. The quantitative estimate of drug-likeness (QED) is 0.827. The van der Waals surface area contributed by atoms with Crippen LogP contribution >= 0.6 is 15.9 Å². The van der Waals surface area contributed by atoms with Crippen molar-refractivity contribution < 1.29 is 9.53 Å². The van der Waals surface area contributed by atoms with Gasteiger partial charge >= 0.3 is 5.97 Å². The molecule has 2 aromatic rings. The molecule has 20 heavy (non-hydrogen) atoms. The van der Waals surface area contributed by atoms with Crippen LogP contribution in [0.3, 0.4) is 0 Å². The summed E-state index contributed by atoms with van der Waals surface area (Å²) in [4.78, 5) is 11.7. The molecule has 0 unspecified atom stereocenters. The fraction of sp³-hybridized carbons (Fsp3) is 0.417. The minimum atomic E-state index is -0.376. The van der Waals surface area contributed by atoms with E-state index in [1.165, 1.54) is 10.9 Å². The molecule has 0 aliphatic heterocycles. The van der Waals surface area contributed by atoms with Crippen LogP contribution in [0, 0.1) is 0 Å². The molecular formula is C12H16BrN5O2. The van der Waals surface area contributed by atoms with Crippen molar-refractivity contribution in [3.63, 3.8) is 0 Å². The molecule has 0 radical (unpaired) electrons. The highest BCUT2D eigenvalue weighted by Crippen LogP contribution is 2.22. The van der Waals surface area contributed by atoms with E-state index in [4.69, 9.17) is 10.5 Å². The average molecular weight is 342 g/mol. The fourth-order valence-electron chi connectivity index (χ4n) is 1.77. The van der Waals surface area contributed by atoms with Crippen LogP contribution in [0.15, 0.2) is 16.9 Å². The number of aromatic nitrogens is 4. The summed E-state index contributed by atoms with van der Waals surface area (Å²) >= 11 is 3.47. The van der Waals surface area contributed by atoms with Crippen molar-refractivity contribution in [3.05, 3.63) is 28.3 Å². The lowest BCUT2D eigenvalue weighted by Gasteiger charge is -2.06. The maximum atomic E-state index is 11.7. The van der Waals surface area contributed by atoms with Crippen LogP contribution < -0.4 is 5.73 Å².